The Hall–Kier alpha value is -2.33. The van der Waals surface area contributed by atoms with Gasteiger partial charge in [-0.3, -0.25) is 4.98 Å². The lowest BCUT2D eigenvalue weighted by Gasteiger charge is -2.15. The van der Waals surface area contributed by atoms with Crippen molar-refractivity contribution in [3.63, 3.8) is 0 Å². The Bertz CT molecular complexity index is 1260. The molecule has 0 amide bonds. The van der Waals surface area contributed by atoms with Gasteiger partial charge in [0.2, 0.25) is 0 Å². The first-order valence-electron chi connectivity index (χ1n) is 9.62. The monoisotopic (exact) mass is 472 g/mol. The third kappa shape index (κ3) is 4.50. The van der Waals surface area contributed by atoms with Crippen molar-refractivity contribution in [1.82, 2.24) is 15.0 Å². The number of hydrogen-bond acceptors (Lipinski definition) is 4. The highest BCUT2D eigenvalue weighted by Gasteiger charge is 2.17. The number of benzene rings is 1. The number of fused-ring (bicyclic) bond motifs is 1. The van der Waals surface area contributed by atoms with Crippen molar-refractivity contribution in [3.05, 3.63) is 75.8 Å². The van der Waals surface area contributed by atoms with Crippen molar-refractivity contribution in [2.24, 2.45) is 0 Å². The molecule has 0 aliphatic carbocycles. The van der Waals surface area contributed by atoms with Gasteiger partial charge in [0, 0.05) is 29.4 Å². The van der Waals surface area contributed by atoms with E-state index in [9.17, 15) is 4.39 Å². The van der Waals surface area contributed by atoms with E-state index in [1.54, 1.807) is 13.1 Å². The first kappa shape index (κ1) is 21.9. The van der Waals surface area contributed by atoms with Crippen LogP contribution in [0, 0.1) is 12.7 Å². The normalized spacial score (nSPS) is 11.3. The standard InChI is InChI=1S/C23H20Cl2FN4P/c1-13-20(25)23(28-11-14-6-4-5-7-16(14)24)22-18(29-13)10-17(26)21(30-22)15-8-9-19(27-12-15)31(2)3/h4-10,12H,11H2,1-3H3,(H,28,29). The summed E-state index contributed by atoms with van der Waals surface area (Å²) < 4.78 is 14.9. The molecular weight excluding hydrogens is 453 g/mol. The molecule has 0 radical (unpaired) electrons. The Morgan fingerprint density at radius 3 is 2.52 bits per heavy atom. The SMILES string of the molecule is Cc1nc2cc(F)c(-c3ccc(P(C)C)nc3)nc2c(NCc2ccccc2Cl)c1Cl. The molecule has 0 aliphatic rings. The van der Waals surface area contributed by atoms with Crippen molar-refractivity contribution < 1.29 is 4.39 Å². The Morgan fingerprint density at radius 1 is 1.06 bits per heavy atom. The zero-order chi connectivity index (χ0) is 22.1. The number of halogens is 3. The number of anilines is 1. The van der Waals surface area contributed by atoms with Crippen molar-refractivity contribution in [2.45, 2.75) is 13.5 Å². The molecule has 0 fully saturated rings. The van der Waals surface area contributed by atoms with Gasteiger partial charge in [-0.05, 0) is 44.0 Å². The van der Waals surface area contributed by atoms with Gasteiger partial charge < -0.3 is 5.32 Å². The van der Waals surface area contributed by atoms with Crippen molar-refractivity contribution in [2.75, 3.05) is 18.6 Å². The number of hydrogen-bond donors (Lipinski definition) is 1. The van der Waals surface area contributed by atoms with Crippen molar-refractivity contribution >= 4 is 53.3 Å². The molecule has 158 valence electrons. The van der Waals surface area contributed by atoms with E-state index in [0.717, 1.165) is 11.0 Å². The fourth-order valence-corrected chi connectivity index (χ4v) is 4.31. The van der Waals surface area contributed by atoms with Crippen LogP contribution in [0.1, 0.15) is 11.3 Å². The molecule has 4 rings (SSSR count). The van der Waals surface area contributed by atoms with Gasteiger partial charge in [0.15, 0.2) is 5.82 Å². The summed E-state index contributed by atoms with van der Waals surface area (Å²) in [5.41, 5.74) is 4.86. The second-order valence-corrected chi connectivity index (χ2v) is 10.3. The summed E-state index contributed by atoms with van der Waals surface area (Å²) in [7, 11) is -0.329. The maximum atomic E-state index is 14.9. The minimum atomic E-state index is -0.455. The summed E-state index contributed by atoms with van der Waals surface area (Å²) in [5.74, 6) is -0.455. The van der Waals surface area contributed by atoms with Gasteiger partial charge in [-0.25, -0.2) is 14.4 Å². The maximum Gasteiger partial charge on any atom is 0.151 e. The molecule has 0 unspecified atom stereocenters. The fraction of sp³-hybridized carbons (Fsp3) is 0.174. The largest absolute Gasteiger partial charge is 0.378 e. The van der Waals surface area contributed by atoms with Crippen LogP contribution in [0.4, 0.5) is 10.1 Å². The van der Waals surface area contributed by atoms with E-state index in [1.807, 2.05) is 36.4 Å². The van der Waals surface area contributed by atoms with E-state index >= 15 is 0 Å². The molecule has 4 aromatic rings. The number of rotatable bonds is 5. The first-order chi connectivity index (χ1) is 14.8. The molecule has 0 saturated carbocycles. The van der Waals surface area contributed by atoms with Crippen LogP contribution in [0.3, 0.4) is 0 Å². The minimum Gasteiger partial charge on any atom is -0.378 e. The van der Waals surface area contributed by atoms with Crippen LogP contribution in [-0.4, -0.2) is 28.3 Å². The first-order valence-corrected chi connectivity index (χ1v) is 12.6. The zero-order valence-corrected chi connectivity index (χ0v) is 19.7. The molecular formula is C23H20Cl2FN4P. The summed E-state index contributed by atoms with van der Waals surface area (Å²) in [6.45, 7) is 6.47. The molecule has 1 aromatic carbocycles. The van der Waals surface area contributed by atoms with Crippen LogP contribution in [0.5, 0.6) is 0 Å². The van der Waals surface area contributed by atoms with Gasteiger partial charge in [-0.1, -0.05) is 49.3 Å². The third-order valence-electron chi connectivity index (χ3n) is 4.91. The lowest BCUT2D eigenvalue weighted by atomic mass is 10.1. The molecule has 1 N–H and O–H groups in total. The molecule has 0 saturated heterocycles. The molecule has 0 aliphatic heterocycles. The number of aryl methyl sites for hydroxylation is 1. The second kappa shape index (κ2) is 9.04. The van der Waals surface area contributed by atoms with Crippen molar-refractivity contribution in [3.8, 4) is 11.3 Å². The molecule has 31 heavy (non-hydrogen) atoms. The van der Waals surface area contributed by atoms with Crippen LogP contribution in [0.2, 0.25) is 10.0 Å². The lowest BCUT2D eigenvalue weighted by Crippen LogP contribution is -2.06. The summed E-state index contributed by atoms with van der Waals surface area (Å²) >= 11 is 12.9. The van der Waals surface area contributed by atoms with Gasteiger partial charge in [0.05, 0.1) is 27.4 Å². The van der Waals surface area contributed by atoms with E-state index in [1.165, 1.54) is 6.07 Å². The topological polar surface area (TPSA) is 50.7 Å². The highest BCUT2D eigenvalue weighted by Crippen LogP contribution is 2.34. The Kier molecular flexibility index (Phi) is 6.38. The molecule has 8 heteroatoms. The molecule has 3 heterocycles. The molecule has 0 bridgehead atoms. The zero-order valence-electron chi connectivity index (χ0n) is 17.2. The Morgan fingerprint density at radius 2 is 1.84 bits per heavy atom. The highest BCUT2D eigenvalue weighted by molar-refractivity contribution is 7.63. The highest BCUT2D eigenvalue weighted by atomic mass is 35.5. The minimum absolute atomic E-state index is 0.214. The van der Waals surface area contributed by atoms with E-state index in [0.29, 0.717) is 44.6 Å². The number of nitrogens with zero attached hydrogens (tertiary/aromatic N) is 3. The quantitative estimate of drug-likeness (QED) is 0.340. The van der Waals surface area contributed by atoms with Crippen LogP contribution >= 0.6 is 31.1 Å². The van der Waals surface area contributed by atoms with Crippen molar-refractivity contribution in [1.29, 1.82) is 0 Å². The smallest absolute Gasteiger partial charge is 0.151 e. The van der Waals surface area contributed by atoms with Crippen LogP contribution in [0.25, 0.3) is 22.3 Å². The predicted octanol–water partition coefficient (Wildman–Crippen LogP) is 6.43. The fourth-order valence-electron chi connectivity index (χ4n) is 3.24. The van der Waals surface area contributed by atoms with Gasteiger partial charge >= 0.3 is 0 Å². The van der Waals surface area contributed by atoms with Gasteiger partial charge in [0.25, 0.3) is 0 Å². The van der Waals surface area contributed by atoms with Gasteiger partial charge in [-0.2, -0.15) is 0 Å². The van der Waals surface area contributed by atoms with E-state index < -0.39 is 5.82 Å². The average molecular weight is 473 g/mol. The predicted molar refractivity (Wildman–Crippen MR) is 130 cm³/mol. The van der Waals surface area contributed by atoms with Crippen LogP contribution in [-0.2, 0) is 6.54 Å². The Balaban J connectivity index is 1.80. The molecule has 0 atom stereocenters. The number of pyridine rings is 3. The summed E-state index contributed by atoms with van der Waals surface area (Å²) in [6, 6.07) is 12.7. The molecule has 4 nitrogen and oxygen atoms in total. The summed E-state index contributed by atoms with van der Waals surface area (Å²) in [5, 5.41) is 4.42. The van der Waals surface area contributed by atoms with Gasteiger partial charge in [-0.15, -0.1) is 0 Å². The van der Waals surface area contributed by atoms with E-state index in [4.69, 9.17) is 23.2 Å². The third-order valence-corrected chi connectivity index (χ3v) is 6.92. The summed E-state index contributed by atoms with van der Waals surface area (Å²) in [6.07, 6.45) is 1.66. The maximum absolute atomic E-state index is 14.9. The van der Waals surface area contributed by atoms with E-state index in [2.05, 4.69) is 33.6 Å². The number of nitrogens with one attached hydrogen (secondary N) is 1. The van der Waals surface area contributed by atoms with Gasteiger partial charge in [0.1, 0.15) is 11.2 Å². The summed E-state index contributed by atoms with van der Waals surface area (Å²) in [4.78, 5) is 13.5. The Labute approximate surface area is 191 Å². The van der Waals surface area contributed by atoms with E-state index in [-0.39, 0.29) is 13.6 Å². The molecule has 3 aromatic heterocycles. The average Bonchev–Trinajstić information content (AvgIpc) is 2.75. The second-order valence-electron chi connectivity index (χ2n) is 7.32. The lowest BCUT2D eigenvalue weighted by molar-refractivity contribution is 0.628. The molecule has 0 spiro atoms. The number of aromatic nitrogens is 3. The van der Waals surface area contributed by atoms with Crippen LogP contribution in [0.15, 0.2) is 48.7 Å². The van der Waals surface area contributed by atoms with Crippen LogP contribution < -0.4 is 10.8 Å².